The van der Waals surface area contributed by atoms with E-state index in [1.807, 2.05) is 24.5 Å². The summed E-state index contributed by atoms with van der Waals surface area (Å²) in [7, 11) is 5.19. The average Bonchev–Trinajstić information content (AvgIpc) is 3.33. The van der Waals surface area contributed by atoms with Crippen LogP contribution in [0.2, 0.25) is 0 Å². The van der Waals surface area contributed by atoms with Crippen molar-refractivity contribution in [3.63, 3.8) is 0 Å². The minimum atomic E-state index is 0.392. The van der Waals surface area contributed by atoms with Crippen LogP contribution in [0.1, 0.15) is 21.7 Å². The number of hydrogen-bond donors (Lipinski definition) is 2. The van der Waals surface area contributed by atoms with Crippen LogP contribution in [-0.4, -0.2) is 51.3 Å². The lowest BCUT2D eigenvalue weighted by atomic mass is 10.2. The normalized spacial score (nSPS) is 17.6. The topological polar surface area (TPSA) is 58.1 Å². The molecule has 152 valence electrons. The van der Waals surface area contributed by atoms with Gasteiger partial charge >= 0.3 is 0 Å². The zero-order valence-electron chi connectivity index (χ0n) is 17.1. The first kappa shape index (κ1) is 20.5. The van der Waals surface area contributed by atoms with Crippen LogP contribution in [0.4, 0.5) is 0 Å². The van der Waals surface area contributed by atoms with Gasteiger partial charge in [0.15, 0.2) is 5.96 Å². The highest BCUT2D eigenvalue weighted by molar-refractivity contribution is 7.11. The molecule has 0 aliphatic carbocycles. The largest absolute Gasteiger partial charge is 0.497 e. The molecule has 0 radical (unpaired) electrons. The average molecular weight is 403 g/mol. The highest BCUT2D eigenvalue weighted by atomic mass is 32.1. The van der Waals surface area contributed by atoms with Crippen molar-refractivity contribution in [2.45, 2.75) is 32.5 Å². The number of ether oxygens (including phenoxy) is 2. The lowest BCUT2D eigenvalue weighted by Gasteiger charge is -2.19. The molecule has 1 aromatic heterocycles. The fourth-order valence-corrected chi connectivity index (χ4v) is 4.28. The molecule has 0 amide bonds. The van der Waals surface area contributed by atoms with E-state index in [1.54, 1.807) is 14.2 Å². The predicted octanol–water partition coefficient (Wildman–Crippen LogP) is 3.01. The fourth-order valence-electron chi connectivity index (χ4n) is 3.45. The van der Waals surface area contributed by atoms with Crippen LogP contribution < -0.4 is 20.1 Å². The lowest BCUT2D eigenvalue weighted by Crippen LogP contribution is -2.44. The van der Waals surface area contributed by atoms with E-state index in [1.165, 1.54) is 15.3 Å². The Morgan fingerprint density at radius 1 is 1.21 bits per heavy atom. The molecule has 28 heavy (non-hydrogen) atoms. The molecule has 7 heteroatoms. The van der Waals surface area contributed by atoms with Gasteiger partial charge in [-0.3, -0.25) is 9.89 Å². The smallest absolute Gasteiger partial charge is 0.191 e. The van der Waals surface area contributed by atoms with E-state index < -0.39 is 0 Å². The second kappa shape index (κ2) is 9.80. The number of benzene rings is 1. The van der Waals surface area contributed by atoms with E-state index in [-0.39, 0.29) is 0 Å². The third-order valence-electron chi connectivity index (χ3n) is 4.88. The lowest BCUT2D eigenvalue weighted by molar-refractivity contribution is 0.321. The van der Waals surface area contributed by atoms with Crippen LogP contribution in [0, 0.1) is 6.92 Å². The first-order valence-corrected chi connectivity index (χ1v) is 10.4. The molecule has 1 aliphatic heterocycles. The number of rotatable bonds is 7. The van der Waals surface area contributed by atoms with Gasteiger partial charge in [-0.15, -0.1) is 11.3 Å². The van der Waals surface area contributed by atoms with Gasteiger partial charge in [-0.05, 0) is 43.2 Å². The second-order valence-electron chi connectivity index (χ2n) is 7.02. The highest BCUT2D eigenvalue weighted by Gasteiger charge is 2.23. The first-order valence-electron chi connectivity index (χ1n) is 9.56. The number of thiophene rings is 1. The highest BCUT2D eigenvalue weighted by Crippen LogP contribution is 2.24. The Labute approximate surface area is 171 Å². The zero-order chi connectivity index (χ0) is 19.9. The molecular formula is C21H30N4O2S. The Hall–Kier alpha value is -2.25. The van der Waals surface area contributed by atoms with Gasteiger partial charge in [0.2, 0.25) is 0 Å². The fraction of sp³-hybridized carbons (Fsp3) is 0.476. The molecule has 6 nitrogen and oxygen atoms in total. The number of nitrogens with zero attached hydrogens (tertiary/aromatic N) is 2. The number of methoxy groups -OCH3 is 2. The van der Waals surface area contributed by atoms with Crippen molar-refractivity contribution >= 4 is 17.3 Å². The van der Waals surface area contributed by atoms with Crippen LogP contribution in [0.15, 0.2) is 35.3 Å². The predicted molar refractivity (Wildman–Crippen MR) is 116 cm³/mol. The standard InChI is InChI=1S/C21H30N4O2S/c1-15-5-6-20(28-15)12-23-21(22-2)24-17-7-8-25(14-17)13-16-9-18(26-3)11-19(10-16)27-4/h5-6,9-11,17H,7-8,12-14H2,1-4H3,(H2,22,23,24). The van der Waals surface area contributed by atoms with E-state index in [0.29, 0.717) is 6.04 Å². The van der Waals surface area contributed by atoms with Gasteiger partial charge in [-0.2, -0.15) is 0 Å². The van der Waals surface area contributed by atoms with Gasteiger partial charge in [0, 0.05) is 48.5 Å². The summed E-state index contributed by atoms with van der Waals surface area (Å²) in [6.45, 7) is 5.85. The molecule has 0 spiro atoms. The van der Waals surface area contributed by atoms with Gasteiger partial charge in [-0.25, -0.2) is 0 Å². The third kappa shape index (κ3) is 5.62. The Morgan fingerprint density at radius 3 is 2.57 bits per heavy atom. The third-order valence-corrected chi connectivity index (χ3v) is 5.88. The van der Waals surface area contributed by atoms with Crippen LogP contribution in [0.5, 0.6) is 11.5 Å². The molecule has 1 aromatic carbocycles. The maximum Gasteiger partial charge on any atom is 0.191 e. The molecular weight excluding hydrogens is 372 g/mol. The minimum Gasteiger partial charge on any atom is -0.497 e. The zero-order valence-corrected chi connectivity index (χ0v) is 17.9. The van der Waals surface area contributed by atoms with Crippen molar-refractivity contribution in [3.05, 3.63) is 45.6 Å². The van der Waals surface area contributed by atoms with Gasteiger partial charge in [0.1, 0.15) is 11.5 Å². The SMILES string of the molecule is CN=C(NCc1ccc(C)s1)NC1CCN(Cc2cc(OC)cc(OC)c2)C1. The summed E-state index contributed by atoms with van der Waals surface area (Å²) < 4.78 is 10.8. The molecule has 1 saturated heterocycles. The van der Waals surface area contributed by atoms with E-state index in [4.69, 9.17) is 9.47 Å². The molecule has 3 rings (SSSR count). The molecule has 1 fully saturated rings. The molecule has 2 N–H and O–H groups in total. The van der Waals surface area contributed by atoms with Gasteiger partial charge in [-0.1, -0.05) is 0 Å². The molecule has 0 saturated carbocycles. The van der Waals surface area contributed by atoms with E-state index in [9.17, 15) is 0 Å². The first-order chi connectivity index (χ1) is 13.6. The Balaban J connectivity index is 1.50. The van der Waals surface area contributed by atoms with Gasteiger partial charge in [0.05, 0.1) is 20.8 Å². The van der Waals surface area contributed by atoms with Crippen LogP contribution >= 0.6 is 11.3 Å². The summed E-state index contributed by atoms with van der Waals surface area (Å²) in [4.78, 5) is 9.48. The molecule has 1 unspecified atom stereocenters. The van der Waals surface area contributed by atoms with E-state index in [0.717, 1.165) is 50.1 Å². The number of likely N-dealkylation sites (tertiary alicyclic amines) is 1. The second-order valence-corrected chi connectivity index (χ2v) is 8.40. The minimum absolute atomic E-state index is 0.392. The van der Waals surface area contributed by atoms with E-state index >= 15 is 0 Å². The molecule has 2 aromatic rings. The number of aryl methyl sites for hydroxylation is 1. The van der Waals surface area contributed by atoms with Crippen LogP contribution in [-0.2, 0) is 13.1 Å². The summed E-state index contributed by atoms with van der Waals surface area (Å²) in [5, 5.41) is 6.97. The van der Waals surface area contributed by atoms with Crippen molar-refractivity contribution in [3.8, 4) is 11.5 Å². The van der Waals surface area contributed by atoms with Crippen molar-refractivity contribution < 1.29 is 9.47 Å². The number of hydrogen-bond acceptors (Lipinski definition) is 5. The number of nitrogens with one attached hydrogen (secondary N) is 2. The summed E-state index contributed by atoms with van der Waals surface area (Å²) >= 11 is 1.82. The van der Waals surface area contributed by atoms with Gasteiger partial charge in [0.25, 0.3) is 0 Å². The molecule has 0 bridgehead atoms. The quantitative estimate of drug-likeness (QED) is 0.551. The number of aliphatic imine (C=N–C) groups is 1. The maximum absolute atomic E-state index is 5.38. The van der Waals surface area contributed by atoms with Crippen LogP contribution in [0.3, 0.4) is 0 Å². The molecule has 2 heterocycles. The van der Waals surface area contributed by atoms with E-state index in [2.05, 4.69) is 51.7 Å². The summed E-state index contributed by atoms with van der Waals surface area (Å²) in [6, 6.07) is 10.8. The molecule has 1 atom stereocenters. The Kier molecular flexibility index (Phi) is 7.17. The maximum atomic E-state index is 5.38. The van der Waals surface area contributed by atoms with Crippen molar-refractivity contribution in [2.24, 2.45) is 4.99 Å². The molecule has 1 aliphatic rings. The van der Waals surface area contributed by atoms with Gasteiger partial charge < -0.3 is 20.1 Å². The Bertz CT molecular complexity index is 783. The number of guanidine groups is 1. The monoisotopic (exact) mass is 402 g/mol. The van der Waals surface area contributed by atoms with Crippen LogP contribution in [0.25, 0.3) is 0 Å². The summed E-state index contributed by atoms with van der Waals surface area (Å²) in [5.74, 6) is 2.52. The summed E-state index contributed by atoms with van der Waals surface area (Å²) in [6.07, 6.45) is 1.10. The van der Waals surface area contributed by atoms with Crippen molar-refractivity contribution in [1.29, 1.82) is 0 Å². The van der Waals surface area contributed by atoms with Crippen molar-refractivity contribution in [1.82, 2.24) is 15.5 Å². The van der Waals surface area contributed by atoms with Crippen molar-refractivity contribution in [2.75, 3.05) is 34.4 Å². The Morgan fingerprint density at radius 2 is 1.96 bits per heavy atom. The summed E-state index contributed by atoms with van der Waals surface area (Å²) in [5.41, 5.74) is 1.20.